The fourth-order valence-corrected chi connectivity index (χ4v) is 3.70. The highest BCUT2D eigenvalue weighted by molar-refractivity contribution is 9.11. The molecule has 0 bridgehead atoms. The molecule has 0 atom stereocenters. The third-order valence-corrected chi connectivity index (χ3v) is 7.81. The van der Waals surface area contributed by atoms with Crippen LogP contribution < -0.4 is 0 Å². The summed E-state index contributed by atoms with van der Waals surface area (Å²) < 4.78 is 8.86. The van der Waals surface area contributed by atoms with Gasteiger partial charge in [-0.3, -0.25) is 0 Å². The van der Waals surface area contributed by atoms with E-state index in [0.29, 0.717) is 0 Å². The number of aromatic nitrogens is 6. The molecule has 0 N–H and O–H groups in total. The Kier molecular flexibility index (Phi) is 5.02. The lowest BCUT2D eigenvalue weighted by Gasteiger charge is -2.23. The molecule has 6 nitrogen and oxygen atoms in total. The van der Waals surface area contributed by atoms with Crippen LogP contribution in [0.15, 0.2) is 13.4 Å². The van der Waals surface area contributed by atoms with Crippen LogP contribution in [-0.2, 0) is 0 Å². The van der Waals surface area contributed by atoms with Gasteiger partial charge in [-0.2, -0.15) is 15.3 Å². The molecule has 0 fully saturated rings. The largest absolute Gasteiger partial charge is 0.239 e. The minimum atomic E-state index is -0.333. The number of hydrogen-bond acceptors (Lipinski definition) is 3. The molecule has 0 radical (unpaired) electrons. The second-order valence-corrected chi connectivity index (χ2v) is 8.51. The lowest BCUT2D eigenvalue weighted by Crippen LogP contribution is -2.31. The van der Waals surface area contributed by atoms with Gasteiger partial charge in [-0.15, -0.1) is 0 Å². The van der Waals surface area contributed by atoms with Gasteiger partial charge in [0.2, 0.25) is 6.29 Å². The normalized spacial score (nSPS) is 11.8. The molecule has 0 unspecified atom stereocenters. The average molecular weight is 535 g/mol. The maximum absolute atomic E-state index is 4.74. The Labute approximate surface area is 172 Å². The zero-order valence-corrected chi connectivity index (χ0v) is 19.7. The molecule has 0 saturated carbocycles. The first kappa shape index (κ1) is 18.8. The van der Waals surface area contributed by atoms with Crippen molar-refractivity contribution in [2.24, 2.45) is 0 Å². The Morgan fingerprint density at radius 1 is 0.560 bits per heavy atom. The van der Waals surface area contributed by atoms with E-state index in [1.165, 1.54) is 0 Å². The maximum atomic E-state index is 4.74. The minimum absolute atomic E-state index is 0.333. The van der Waals surface area contributed by atoms with Gasteiger partial charge in [-0.05, 0) is 89.3 Å². The summed E-state index contributed by atoms with van der Waals surface area (Å²) in [5, 5.41) is 14.2. The predicted octanol–water partition coefficient (Wildman–Crippen LogP) is 4.97. The van der Waals surface area contributed by atoms with Crippen molar-refractivity contribution in [1.29, 1.82) is 0 Å². The minimum Gasteiger partial charge on any atom is -0.223 e. The molecule has 134 valence electrons. The topological polar surface area (TPSA) is 53.5 Å². The summed E-state index contributed by atoms with van der Waals surface area (Å²) in [6.07, 6.45) is -0.333. The Morgan fingerprint density at radius 2 is 0.800 bits per heavy atom. The van der Waals surface area contributed by atoms with Crippen LogP contribution in [0.1, 0.15) is 40.5 Å². The van der Waals surface area contributed by atoms with Crippen LogP contribution in [0.2, 0.25) is 0 Å². The summed E-state index contributed by atoms with van der Waals surface area (Å²) >= 11 is 10.9. The van der Waals surface area contributed by atoms with Crippen LogP contribution in [-0.4, -0.2) is 29.3 Å². The van der Waals surface area contributed by atoms with Crippen LogP contribution in [0, 0.1) is 41.5 Å². The molecule has 3 heterocycles. The highest BCUT2D eigenvalue weighted by atomic mass is 79.9. The summed E-state index contributed by atoms with van der Waals surface area (Å²) in [6.45, 7) is 12.1. The van der Waals surface area contributed by atoms with E-state index in [1.807, 2.05) is 55.6 Å². The van der Waals surface area contributed by atoms with Crippen LogP contribution in [0.4, 0.5) is 0 Å². The lowest BCUT2D eigenvalue weighted by atomic mass is 10.4. The highest BCUT2D eigenvalue weighted by Gasteiger charge is 2.28. The number of aryl methyl sites for hydroxylation is 3. The summed E-state index contributed by atoms with van der Waals surface area (Å²) in [6, 6.07) is 0. The molecule has 3 rings (SSSR count). The van der Waals surface area contributed by atoms with Crippen molar-refractivity contribution in [3.05, 3.63) is 47.6 Å². The third kappa shape index (κ3) is 2.94. The number of halogens is 3. The molecular formula is C16H19Br3N6. The standard InChI is InChI=1S/C16H19Br3N6/c1-7-13(17)10(4)23(20-7)16(24-11(5)14(18)8(2)21-24)25-12(6)15(19)9(3)22-25/h16H,1-6H3. The molecule has 0 aliphatic heterocycles. The van der Waals surface area contributed by atoms with Gasteiger partial charge in [0.1, 0.15) is 0 Å². The second-order valence-electron chi connectivity index (χ2n) is 6.13. The molecular weight excluding hydrogens is 516 g/mol. The molecule has 0 aliphatic rings. The van der Waals surface area contributed by atoms with Gasteiger partial charge in [0, 0.05) is 0 Å². The first-order chi connectivity index (χ1) is 11.6. The van der Waals surface area contributed by atoms with Gasteiger partial charge < -0.3 is 0 Å². The Bertz CT molecular complexity index is 841. The first-order valence-corrected chi connectivity index (χ1v) is 10.2. The monoisotopic (exact) mass is 532 g/mol. The number of hydrogen-bond donors (Lipinski definition) is 0. The molecule has 9 heteroatoms. The predicted molar refractivity (Wildman–Crippen MR) is 108 cm³/mol. The van der Waals surface area contributed by atoms with E-state index in [4.69, 9.17) is 15.3 Å². The Morgan fingerprint density at radius 3 is 0.960 bits per heavy atom. The maximum Gasteiger partial charge on any atom is 0.239 e. The molecule has 0 amide bonds. The van der Waals surface area contributed by atoms with Gasteiger partial charge in [0.05, 0.1) is 47.6 Å². The summed E-state index contributed by atoms with van der Waals surface area (Å²) in [5.41, 5.74) is 5.87. The third-order valence-electron chi connectivity index (χ3n) is 4.37. The average Bonchev–Trinajstić information content (AvgIpc) is 3.08. The van der Waals surface area contributed by atoms with Crippen molar-refractivity contribution in [3.8, 4) is 0 Å². The van der Waals surface area contributed by atoms with E-state index in [2.05, 4.69) is 47.8 Å². The zero-order valence-electron chi connectivity index (χ0n) is 14.9. The lowest BCUT2D eigenvalue weighted by molar-refractivity contribution is 0.268. The first-order valence-electron chi connectivity index (χ1n) is 7.78. The quantitative estimate of drug-likeness (QED) is 0.477. The second kappa shape index (κ2) is 6.66. The molecule has 3 aromatic heterocycles. The van der Waals surface area contributed by atoms with E-state index >= 15 is 0 Å². The van der Waals surface area contributed by atoms with Crippen molar-refractivity contribution in [2.45, 2.75) is 47.8 Å². The van der Waals surface area contributed by atoms with Crippen LogP contribution in [0.25, 0.3) is 0 Å². The summed E-state index contributed by atoms with van der Waals surface area (Å²) in [4.78, 5) is 0. The van der Waals surface area contributed by atoms with Crippen molar-refractivity contribution in [1.82, 2.24) is 29.3 Å². The molecule has 0 aliphatic carbocycles. The molecule has 25 heavy (non-hydrogen) atoms. The van der Waals surface area contributed by atoms with Gasteiger partial charge in [-0.25, -0.2) is 14.0 Å². The molecule has 0 aromatic carbocycles. The molecule has 0 spiro atoms. The van der Waals surface area contributed by atoms with E-state index in [0.717, 1.165) is 47.6 Å². The van der Waals surface area contributed by atoms with Crippen LogP contribution in [0.5, 0.6) is 0 Å². The van der Waals surface area contributed by atoms with Gasteiger partial charge >= 0.3 is 0 Å². The van der Waals surface area contributed by atoms with Crippen molar-refractivity contribution < 1.29 is 0 Å². The van der Waals surface area contributed by atoms with Gasteiger partial charge in [-0.1, -0.05) is 0 Å². The zero-order chi connectivity index (χ0) is 18.6. The Balaban J connectivity index is 2.34. The van der Waals surface area contributed by atoms with E-state index in [9.17, 15) is 0 Å². The van der Waals surface area contributed by atoms with E-state index in [1.54, 1.807) is 0 Å². The fourth-order valence-electron chi connectivity index (χ4n) is 2.91. The van der Waals surface area contributed by atoms with Gasteiger partial charge in [0.25, 0.3) is 0 Å². The molecule has 0 saturated heterocycles. The highest BCUT2D eigenvalue weighted by Crippen LogP contribution is 2.31. The van der Waals surface area contributed by atoms with E-state index in [-0.39, 0.29) is 6.29 Å². The van der Waals surface area contributed by atoms with E-state index < -0.39 is 0 Å². The Hall–Kier alpha value is -0.930. The van der Waals surface area contributed by atoms with Crippen molar-refractivity contribution in [2.75, 3.05) is 0 Å². The van der Waals surface area contributed by atoms with Gasteiger partial charge in [0.15, 0.2) is 0 Å². The van der Waals surface area contributed by atoms with Crippen molar-refractivity contribution in [3.63, 3.8) is 0 Å². The fraction of sp³-hybridized carbons (Fsp3) is 0.438. The van der Waals surface area contributed by atoms with Crippen LogP contribution in [0.3, 0.4) is 0 Å². The number of rotatable bonds is 3. The van der Waals surface area contributed by atoms with Crippen LogP contribution >= 0.6 is 47.8 Å². The number of nitrogens with zero attached hydrogens (tertiary/aromatic N) is 6. The smallest absolute Gasteiger partial charge is 0.223 e. The summed E-state index contributed by atoms with van der Waals surface area (Å²) in [5.74, 6) is 0. The molecule has 3 aromatic rings. The SMILES string of the molecule is Cc1nn(C(n2nc(C)c(Br)c2C)n2nc(C)c(Br)c2C)c(C)c1Br. The van der Waals surface area contributed by atoms with Crippen molar-refractivity contribution >= 4 is 47.8 Å². The summed E-state index contributed by atoms with van der Waals surface area (Å²) in [7, 11) is 0.